The number of nitrogens with zero attached hydrogens (tertiary/aromatic N) is 1. The summed E-state index contributed by atoms with van der Waals surface area (Å²) in [5.74, 6) is -0.255. The second-order valence-corrected chi connectivity index (χ2v) is 10.0. The van der Waals surface area contributed by atoms with Crippen molar-refractivity contribution in [2.24, 2.45) is 0 Å². The van der Waals surface area contributed by atoms with Crippen LogP contribution in [-0.2, 0) is 14.8 Å². The van der Waals surface area contributed by atoms with Gasteiger partial charge in [0.05, 0.1) is 25.0 Å². The molecule has 0 unspecified atom stereocenters. The summed E-state index contributed by atoms with van der Waals surface area (Å²) in [4.78, 5) is 14.7. The minimum atomic E-state index is -3.54. The van der Waals surface area contributed by atoms with Crippen LogP contribution in [0.15, 0.2) is 52.7 Å². The number of piperidine rings is 1. The van der Waals surface area contributed by atoms with E-state index in [9.17, 15) is 13.2 Å². The van der Waals surface area contributed by atoms with E-state index in [-0.39, 0.29) is 16.8 Å². The summed E-state index contributed by atoms with van der Waals surface area (Å²) in [5, 5.41) is 4.69. The third-order valence-electron chi connectivity index (χ3n) is 5.06. The van der Waals surface area contributed by atoms with Crippen LogP contribution in [0.5, 0.6) is 0 Å². The highest BCUT2D eigenvalue weighted by atomic mass is 32.2. The van der Waals surface area contributed by atoms with Crippen LogP contribution in [0.4, 0.5) is 5.69 Å². The average Bonchev–Trinajstić information content (AvgIpc) is 3.20. The number of hydrogen-bond acceptors (Lipinski definition) is 4. The van der Waals surface area contributed by atoms with Gasteiger partial charge in [-0.1, -0.05) is 6.07 Å². The van der Waals surface area contributed by atoms with Crippen LogP contribution in [0, 0.1) is 0 Å². The molecule has 2 heterocycles. The number of carbonyl (C=O) groups is 1. The smallest absolute Gasteiger partial charge is 0.248 e. The molecule has 2 N–H and O–H groups in total. The van der Waals surface area contributed by atoms with Gasteiger partial charge in [0.1, 0.15) is 0 Å². The maximum absolute atomic E-state index is 12.9. The third-order valence-corrected chi connectivity index (χ3v) is 7.83. The molecule has 8 heteroatoms. The Morgan fingerprint density at radius 1 is 1.21 bits per heavy atom. The zero-order chi connectivity index (χ0) is 20.1. The van der Waals surface area contributed by atoms with Gasteiger partial charge in [0, 0.05) is 42.6 Å². The van der Waals surface area contributed by atoms with Gasteiger partial charge >= 0.3 is 0 Å². The summed E-state index contributed by atoms with van der Waals surface area (Å²) in [6.07, 6.45) is 4.95. The first kappa shape index (κ1) is 20.7. The molecule has 1 aliphatic heterocycles. The van der Waals surface area contributed by atoms with Gasteiger partial charge in [-0.05, 0) is 41.8 Å². The Balaban J connectivity index is 1.63. The first-order chi connectivity index (χ1) is 13.4. The molecule has 0 radical (unpaired) electrons. The van der Waals surface area contributed by atoms with Crippen LogP contribution in [0.2, 0.25) is 0 Å². The lowest BCUT2D eigenvalue weighted by Gasteiger charge is -2.32. The number of carbonyl (C=O) groups excluding carboxylic acids is 1. The molecule has 0 bridgehead atoms. The van der Waals surface area contributed by atoms with E-state index in [4.69, 9.17) is 0 Å². The van der Waals surface area contributed by atoms with Gasteiger partial charge in [-0.3, -0.25) is 4.79 Å². The maximum atomic E-state index is 12.9. The minimum Gasteiger partial charge on any atom is -0.337 e. The highest BCUT2D eigenvalue weighted by Crippen LogP contribution is 2.22. The Labute approximate surface area is 170 Å². The van der Waals surface area contributed by atoms with Crippen molar-refractivity contribution in [2.45, 2.75) is 23.8 Å². The van der Waals surface area contributed by atoms with Gasteiger partial charge < -0.3 is 10.2 Å². The quantitative estimate of drug-likeness (QED) is 0.699. The fraction of sp³-hybridized carbons (Fsp3) is 0.350. The van der Waals surface area contributed by atoms with Gasteiger partial charge in [-0.15, -0.1) is 11.3 Å². The summed E-state index contributed by atoms with van der Waals surface area (Å²) in [5.41, 5.74) is 0.560. The number of anilines is 1. The zero-order valence-corrected chi connectivity index (χ0v) is 17.7. The lowest BCUT2D eigenvalue weighted by atomic mass is 10.1. The molecular weight excluding hydrogens is 394 g/mol. The molecule has 0 atom stereocenters. The molecule has 6 nitrogen and oxygen atoms in total. The van der Waals surface area contributed by atoms with Crippen LogP contribution in [0.3, 0.4) is 0 Å². The summed E-state index contributed by atoms with van der Waals surface area (Å²) < 4.78 is 27.3. The van der Waals surface area contributed by atoms with E-state index in [1.807, 2.05) is 17.5 Å². The summed E-state index contributed by atoms with van der Waals surface area (Å²) in [6.45, 7) is 1.96. The van der Waals surface area contributed by atoms with Gasteiger partial charge in [0.2, 0.25) is 15.9 Å². The number of likely N-dealkylation sites (tertiary alicyclic amines) is 1. The van der Waals surface area contributed by atoms with Crippen molar-refractivity contribution in [1.82, 2.24) is 4.31 Å². The molecule has 1 aromatic heterocycles. The summed E-state index contributed by atoms with van der Waals surface area (Å²) in [7, 11) is 0.248. The Bertz CT molecular complexity index is 914. The molecule has 0 aliphatic carbocycles. The number of amides is 1. The molecule has 1 amide bonds. The Hall–Kier alpha value is -2.00. The SMILES string of the molecule is CN(C1CC[NH+](C)CC1)S(=O)(=O)c1ccc(NC(=O)/C=C/c2cccs2)cc1. The predicted molar refractivity (Wildman–Crippen MR) is 113 cm³/mol. The maximum Gasteiger partial charge on any atom is 0.248 e. The molecule has 28 heavy (non-hydrogen) atoms. The van der Waals surface area contributed by atoms with Crippen molar-refractivity contribution in [1.29, 1.82) is 0 Å². The van der Waals surface area contributed by atoms with E-state index in [1.54, 1.807) is 48.7 Å². The van der Waals surface area contributed by atoms with E-state index < -0.39 is 10.0 Å². The fourth-order valence-electron chi connectivity index (χ4n) is 3.26. The molecule has 150 valence electrons. The van der Waals surface area contributed by atoms with Crippen LogP contribution in [0.25, 0.3) is 6.08 Å². The van der Waals surface area contributed by atoms with Crippen molar-refractivity contribution >= 4 is 39.0 Å². The second-order valence-electron chi connectivity index (χ2n) is 7.07. The average molecular weight is 421 g/mol. The Morgan fingerprint density at radius 3 is 2.50 bits per heavy atom. The molecule has 0 saturated carbocycles. The van der Waals surface area contributed by atoms with Gasteiger partial charge in [-0.2, -0.15) is 4.31 Å². The van der Waals surface area contributed by atoms with Crippen molar-refractivity contribution in [2.75, 3.05) is 32.5 Å². The zero-order valence-electron chi connectivity index (χ0n) is 16.1. The van der Waals surface area contributed by atoms with Gasteiger partial charge in [0.25, 0.3) is 0 Å². The number of sulfonamides is 1. The fourth-order valence-corrected chi connectivity index (χ4v) is 5.29. The number of hydrogen-bond donors (Lipinski definition) is 2. The molecule has 2 aromatic rings. The Kier molecular flexibility index (Phi) is 6.66. The number of rotatable bonds is 6. The lowest BCUT2D eigenvalue weighted by molar-refractivity contribution is -0.885. The normalized spacial score (nSPS) is 20.5. The first-order valence-electron chi connectivity index (χ1n) is 9.28. The molecule has 1 fully saturated rings. The molecule has 1 aromatic carbocycles. The number of thiophene rings is 1. The van der Waals surface area contributed by atoms with Crippen LogP contribution < -0.4 is 10.2 Å². The summed E-state index contributed by atoms with van der Waals surface area (Å²) in [6, 6.07) is 10.2. The summed E-state index contributed by atoms with van der Waals surface area (Å²) >= 11 is 1.55. The van der Waals surface area contributed by atoms with Crippen molar-refractivity contribution < 1.29 is 18.1 Å². The highest BCUT2D eigenvalue weighted by Gasteiger charge is 2.31. The largest absolute Gasteiger partial charge is 0.337 e. The molecule has 3 rings (SSSR count). The third kappa shape index (κ3) is 5.08. The van der Waals surface area contributed by atoms with E-state index in [1.165, 1.54) is 15.3 Å². The monoisotopic (exact) mass is 420 g/mol. The molecule has 1 saturated heterocycles. The van der Waals surface area contributed by atoms with Gasteiger partial charge in [-0.25, -0.2) is 8.42 Å². The highest BCUT2D eigenvalue weighted by molar-refractivity contribution is 7.89. The minimum absolute atomic E-state index is 0.0375. The van der Waals surface area contributed by atoms with E-state index in [0.717, 1.165) is 30.8 Å². The van der Waals surface area contributed by atoms with E-state index >= 15 is 0 Å². The van der Waals surface area contributed by atoms with Crippen LogP contribution >= 0.6 is 11.3 Å². The number of benzene rings is 1. The van der Waals surface area contributed by atoms with Crippen LogP contribution in [0.1, 0.15) is 17.7 Å². The van der Waals surface area contributed by atoms with Crippen molar-refractivity contribution in [3.63, 3.8) is 0 Å². The lowest BCUT2D eigenvalue weighted by Crippen LogP contribution is -3.10. The Morgan fingerprint density at radius 2 is 1.89 bits per heavy atom. The molecular formula is C20H26N3O3S2+. The van der Waals surface area contributed by atoms with E-state index in [0.29, 0.717) is 5.69 Å². The number of quaternary nitrogens is 1. The predicted octanol–water partition coefficient (Wildman–Crippen LogP) is 1.70. The number of nitrogens with one attached hydrogen (secondary N) is 2. The van der Waals surface area contributed by atoms with Crippen molar-refractivity contribution in [3.05, 3.63) is 52.7 Å². The molecule has 1 aliphatic rings. The topological polar surface area (TPSA) is 70.9 Å². The first-order valence-corrected chi connectivity index (χ1v) is 11.6. The van der Waals surface area contributed by atoms with Crippen LogP contribution in [-0.4, -0.2) is 51.9 Å². The molecule has 0 spiro atoms. The van der Waals surface area contributed by atoms with Gasteiger partial charge in [0.15, 0.2) is 0 Å². The van der Waals surface area contributed by atoms with Crippen molar-refractivity contribution in [3.8, 4) is 0 Å². The second kappa shape index (κ2) is 9.00. The van der Waals surface area contributed by atoms with E-state index in [2.05, 4.69) is 12.4 Å². The standard InChI is InChI=1S/C20H25N3O3S2/c1-22-13-11-17(12-14-22)23(2)28(25,26)19-8-5-16(6-9-19)21-20(24)10-7-18-4-3-15-27-18/h3-10,15,17H,11-14H2,1-2H3,(H,21,24)/p+1/b10-7+.